The molecule has 0 aromatic heterocycles. The van der Waals surface area contributed by atoms with Crippen molar-refractivity contribution in [3.8, 4) is 0 Å². The van der Waals surface area contributed by atoms with Crippen LogP contribution in [0.1, 0.15) is 38.5 Å². The molecule has 0 radical (unpaired) electrons. The van der Waals surface area contributed by atoms with E-state index in [1.165, 1.54) is 25.7 Å². The van der Waals surface area contributed by atoms with E-state index in [1.54, 1.807) is 0 Å². The van der Waals surface area contributed by atoms with Gasteiger partial charge in [0, 0.05) is 18.7 Å². The highest BCUT2D eigenvalue weighted by Gasteiger charge is 2.32. The largest absolute Gasteiger partial charge is 0.394 e. The first-order chi connectivity index (χ1) is 8.24. The van der Waals surface area contributed by atoms with Crippen LogP contribution in [0.25, 0.3) is 0 Å². The van der Waals surface area contributed by atoms with E-state index in [2.05, 4.69) is 5.32 Å². The molecule has 2 aliphatic carbocycles. The van der Waals surface area contributed by atoms with Gasteiger partial charge in [-0.05, 0) is 31.6 Å². The molecule has 1 unspecified atom stereocenters. The zero-order valence-electron chi connectivity index (χ0n) is 10.5. The van der Waals surface area contributed by atoms with Gasteiger partial charge >= 0.3 is 0 Å². The molecule has 2 saturated carbocycles. The van der Waals surface area contributed by atoms with Gasteiger partial charge in [0.15, 0.2) is 0 Å². The molecule has 0 aliphatic heterocycles. The van der Waals surface area contributed by atoms with Crippen molar-refractivity contribution in [1.82, 2.24) is 5.32 Å². The van der Waals surface area contributed by atoms with Crippen molar-refractivity contribution < 1.29 is 14.9 Å². The van der Waals surface area contributed by atoms with E-state index in [4.69, 9.17) is 4.74 Å². The fraction of sp³-hybridized carbons (Fsp3) is 1.00. The van der Waals surface area contributed by atoms with Crippen LogP contribution in [-0.4, -0.2) is 48.2 Å². The van der Waals surface area contributed by atoms with Crippen LogP contribution in [0.2, 0.25) is 0 Å². The Hall–Kier alpha value is -0.160. The molecule has 2 fully saturated rings. The highest BCUT2D eigenvalue weighted by atomic mass is 16.5. The highest BCUT2D eigenvalue weighted by molar-refractivity contribution is 4.92. The Bertz CT molecular complexity index is 225. The summed E-state index contributed by atoms with van der Waals surface area (Å²) in [6.07, 6.45) is 6.46. The summed E-state index contributed by atoms with van der Waals surface area (Å²) in [6, 6.07) is 0. The van der Waals surface area contributed by atoms with Crippen LogP contribution < -0.4 is 5.32 Å². The quantitative estimate of drug-likeness (QED) is 0.586. The summed E-state index contributed by atoms with van der Waals surface area (Å²) in [4.78, 5) is 0. The second-order valence-electron chi connectivity index (χ2n) is 5.66. The first-order valence-electron chi connectivity index (χ1n) is 6.86. The summed E-state index contributed by atoms with van der Waals surface area (Å²) in [6.45, 7) is 1.89. The lowest BCUT2D eigenvalue weighted by atomic mass is 9.99. The molecule has 17 heavy (non-hydrogen) atoms. The van der Waals surface area contributed by atoms with Crippen LogP contribution >= 0.6 is 0 Å². The van der Waals surface area contributed by atoms with Crippen LogP contribution in [0.15, 0.2) is 0 Å². The maximum atomic E-state index is 9.78. The van der Waals surface area contributed by atoms with Gasteiger partial charge in [-0.1, -0.05) is 12.8 Å². The average Bonchev–Trinajstić information content (AvgIpc) is 3.04. The average molecular weight is 243 g/mol. The summed E-state index contributed by atoms with van der Waals surface area (Å²) in [5.74, 6) is 0.744. The first kappa shape index (κ1) is 13.3. The van der Waals surface area contributed by atoms with Crippen molar-refractivity contribution in [1.29, 1.82) is 0 Å². The van der Waals surface area contributed by atoms with Crippen molar-refractivity contribution in [3.05, 3.63) is 0 Å². The maximum absolute atomic E-state index is 9.78. The van der Waals surface area contributed by atoms with E-state index in [-0.39, 0.29) is 12.1 Å². The first-order valence-corrected chi connectivity index (χ1v) is 6.86. The topological polar surface area (TPSA) is 61.7 Å². The molecule has 0 heterocycles. The SMILES string of the molecule is OCC1(NCC(O)COCC2CC2)CCCC1. The van der Waals surface area contributed by atoms with Crippen molar-refractivity contribution in [2.24, 2.45) is 5.92 Å². The van der Waals surface area contributed by atoms with E-state index in [0.29, 0.717) is 13.2 Å². The van der Waals surface area contributed by atoms with Crippen molar-refractivity contribution >= 4 is 0 Å². The van der Waals surface area contributed by atoms with Crippen LogP contribution in [0.4, 0.5) is 0 Å². The van der Waals surface area contributed by atoms with Gasteiger partial charge in [-0.15, -0.1) is 0 Å². The molecule has 2 rings (SSSR count). The minimum atomic E-state index is -0.460. The third-order valence-electron chi connectivity index (χ3n) is 3.94. The van der Waals surface area contributed by atoms with Gasteiger partial charge in [0.25, 0.3) is 0 Å². The van der Waals surface area contributed by atoms with Gasteiger partial charge < -0.3 is 20.3 Å². The van der Waals surface area contributed by atoms with Gasteiger partial charge in [-0.25, -0.2) is 0 Å². The van der Waals surface area contributed by atoms with Crippen molar-refractivity contribution in [3.63, 3.8) is 0 Å². The molecule has 0 bridgehead atoms. The number of hydrogen-bond acceptors (Lipinski definition) is 4. The Morgan fingerprint density at radius 3 is 2.59 bits per heavy atom. The summed E-state index contributed by atoms with van der Waals surface area (Å²) in [5.41, 5.74) is -0.141. The van der Waals surface area contributed by atoms with Gasteiger partial charge in [0.1, 0.15) is 0 Å². The number of aliphatic hydroxyl groups is 2. The summed E-state index contributed by atoms with van der Waals surface area (Å²) >= 11 is 0. The van der Waals surface area contributed by atoms with Crippen LogP contribution in [0.5, 0.6) is 0 Å². The van der Waals surface area contributed by atoms with E-state index in [1.807, 2.05) is 0 Å². The lowest BCUT2D eigenvalue weighted by molar-refractivity contribution is 0.0255. The fourth-order valence-corrected chi connectivity index (χ4v) is 2.49. The Morgan fingerprint density at radius 1 is 1.29 bits per heavy atom. The maximum Gasteiger partial charge on any atom is 0.0897 e. The molecule has 1 atom stereocenters. The summed E-state index contributed by atoms with van der Waals surface area (Å²) in [5, 5.41) is 22.5. The third kappa shape index (κ3) is 4.21. The Morgan fingerprint density at radius 2 is 2.00 bits per heavy atom. The number of nitrogens with one attached hydrogen (secondary N) is 1. The highest BCUT2D eigenvalue weighted by Crippen LogP contribution is 2.29. The van der Waals surface area contributed by atoms with E-state index >= 15 is 0 Å². The predicted molar refractivity (Wildman–Crippen MR) is 65.8 cm³/mol. The second kappa shape index (κ2) is 6.14. The molecular formula is C13H25NO3. The molecule has 4 nitrogen and oxygen atoms in total. The lowest BCUT2D eigenvalue weighted by Gasteiger charge is -2.29. The molecule has 0 aromatic rings. The monoisotopic (exact) mass is 243 g/mol. The molecule has 0 saturated heterocycles. The summed E-state index contributed by atoms with van der Waals surface area (Å²) < 4.78 is 5.45. The number of hydrogen-bond donors (Lipinski definition) is 3. The van der Waals surface area contributed by atoms with Crippen LogP contribution in [0, 0.1) is 5.92 Å². The smallest absolute Gasteiger partial charge is 0.0897 e. The number of ether oxygens (including phenoxy) is 1. The Kier molecular flexibility index (Phi) is 4.79. The summed E-state index contributed by atoms with van der Waals surface area (Å²) in [7, 11) is 0. The van der Waals surface area contributed by atoms with Crippen LogP contribution in [-0.2, 0) is 4.74 Å². The van der Waals surface area contributed by atoms with Gasteiger partial charge in [0.05, 0.1) is 19.3 Å². The molecule has 4 heteroatoms. The lowest BCUT2D eigenvalue weighted by Crippen LogP contribution is -2.49. The molecule has 0 aromatic carbocycles. The van der Waals surface area contributed by atoms with Crippen molar-refractivity contribution in [2.75, 3.05) is 26.4 Å². The molecule has 100 valence electrons. The normalized spacial score (nSPS) is 25.1. The number of aliphatic hydroxyl groups excluding tert-OH is 2. The van der Waals surface area contributed by atoms with Crippen molar-refractivity contribution in [2.45, 2.75) is 50.2 Å². The molecule has 2 aliphatic rings. The van der Waals surface area contributed by atoms with E-state index < -0.39 is 6.10 Å². The van der Waals surface area contributed by atoms with Gasteiger partial charge in [-0.3, -0.25) is 0 Å². The Labute approximate surface area is 103 Å². The minimum Gasteiger partial charge on any atom is -0.394 e. The number of rotatable bonds is 8. The van der Waals surface area contributed by atoms with Gasteiger partial charge in [-0.2, -0.15) is 0 Å². The molecule has 0 amide bonds. The molecular weight excluding hydrogens is 218 g/mol. The minimum absolute atomic E-state index is 0.141. The Balaban J connectivity index is 1.58. The molecule has 3 N–H and O–H groups in total. The van der Waals surface area contributed by atoms with Crippen LogP contribution in [0.3, 0.4) is 0 Å². The fourth-order valence-electron chi connectivity index (χ4n) is 2.49. The zero-order valence-corrected chi connectivity index (χ0v) is 10.5. The van der Waals surface area contributed by atoms with E-state index in [9.17, 15) is 10.2 Å². The second-order valence-corrected chi connectivity index (χ2v) is 5.66. The number of β-amino-alcohol motifs (C(OH)–C–C–N with tert-alkyl or cyclic N) is 1. The standard InChI is InChI=1S/C13H25NO3/c15-10-13(5-1-2-6-13)14-7-12(16)9-17-8-11-3-4-11/h11-12,14-16H,1-10H2. The zero-order chi connectivity index (χ0) is 12.1. The molecule has 0 spiro atoms. The van der Waals surface area contributed by atoms with E-state index in [0.717, 1.165) is 25.4 Å². The third-order valence-corrected chi connectivity index (χ3v) is 3.94. The van der Waals surface area contributed by atoms with Gasteiger partial charge in [0.2, 0.25) is 0 Å². The predicted octanol–water partition coefficient (Wildman–Crippen LogP) is 0.669.